The highest BCUT2D eigenvalue weighted by Gasteiger charge is 2.12. The highest BCUT2D eigenvalue weighted by Crippen LogP contribution is 2.28. The molecule has 1 aromatic rings. The summed E-state index contributed by atoms with van der Waals surface area (Å²) in [5.74, 6) is 3.47. The number of unbranched alkanes of at least 4 members (excludes halogenated alkanes) is 2. The molecule has 1 amide bonds. The molecule has 2 rings (SSSR count). The molecule has 172 valence electrons. The summed E-state index contributed by atoms with van der Waals surface area (Å²) in [6.07, 6.45) is 7.68. The number of ether oxygens (including phenoxy) is 6. The van der Waals surface area contributed by atoms with E-state index in [1.807, 2.05) is 0 Å². The van der Waals surface area contributed by atoms with Gasteiger partial charge in [0, 0.05) is 18.5 Å². The first kappa shape index (κ1) is 25.0. The summed E-state index contributed by atoms with van der Waals surface area (Å²) in [5, 5.41) is 2.90. The summed E-state index contributed by atoms with van der Waals surface area (Å²) in [6.45, 7) is 5.06. The summed E-state index contributed by atoms with van der Waals surface area (Å²) in [4.78, 5) is 12.4. The molecule has 1 aliphatic heterocycles. The second kappa shape index (κ2) is 16.4. The molecule has 0 radical (unpaired) electrons. The Bertz CT molecular complexity index is 674. The quantitative estimate of drug-likeness (QED) is 0.560. The molecule has 0 atom stereocenters. The SMILES string of the molecule is C#CCCCCNC(=O)c1ccc2c(c1)OCCOCCOCCOCCOCCO2. The standard InChI is InChI=1S/C23H33NO7/c1-2-3-4-5-8-24-23(25)20-6-7-21-22(19-20)31-18-16-29-14-12-27-10-9-26-11-13-28-15-17-30-21/h1,6-7,19H,3-5,8-18H2,(H,24,25). The van der Waals surface area contributed by atoms with Gasteiger partial charge in [-0.2, -0.15) is 0 Å². The van der Waals surface area contributed by atoms with Crippen LogP contribution in [0.15, 0.2) is 18.2 Å². The van der Waals surface area contributed by atoms with Crippen molar-refractivity contribution in [1.82, 2.24) is 5.32 Å². The zero-order chi connectivity index (χ0) is 22.0. The molecule has 1 aromatic carbocycles. The van der Waals surface area contributed by atoms with E-state index in [9.17, 15) is 4.79 Å². The minimum Gasteiger partial charge on any atom is -0.487 e. The van der Waals surface area contributed by atoms with Crippen LogP contribution in [0, 0.1) is 12.3 Å². The van der Waals surface area contributed by atoms with Gasteiger partial charge in [-0.1, -0.05) is 0 Å². The van der Waals surface area contributed by atoms with Crippen LogP contribution in [-0.4, -0.2) is 78.5 Å². The minimum atomic E-state index is -0.164. The number of carbonyl (C=O) groups excluding carboxylic acids is 1. The second-order valence-corrected chi connectivity index (χ2v) is 6.73. The van der Waals surface area contributed by atoms with Gasteiger partial charge in [0.25, 0.3) is 5.91 Å². The van der Waals surface area contributed by atoms with Crippen molar-refractivity contribution >= 4 is 5.91 Å². The molecule has 0 aromatic heterocycles. The van der Waals surface area contributed by atoms with E-state index in [0.29, 0.717) is 96.1 Å². The topological polar surface area (TPSA) is 84.5 Å². The third-order valence-electron chi connectivity index (χ3n) is 4.33. The van der Waals surface area contributed by atoms with Crippen LogP contribution >= 0.6 is 0 Å². The molecule has 0 aliphatic carbocycles. The molecule has 0 unspecified atom stereocenters. The summed E-state index contributed by atoms with van der Waals surface area (Å²) >= 11 is 0. The lowest BCUT2D eigenvalue weighted by Gasteiger charge is -2.15. The van der Waals surface area contributed by atoms with Crippen molar-refractivity contribution in [2.24, 2.45) is 0 Å². The maximum absolute atomic E-state index is 12.4. The van der Waals surface area contributed by atoms with Crippen LogP contribution in [0.3, 0.4) is 0 Å². The lowest BCUT2D eigenvalue weighted by molar-refractivity contribution is -0.00842. The Morgan fingerprint density at radius 1 is 0.806 bits per heavy atom. The fourth-order valence-corrected chi connectivity index (χ4v) is 2.72. The zero-order valence-electron chi connectivity index (χ0n) is 18.1. The number of benzene rings is 1. The van der Waals surface area contributed by atoms with E-state index in [0.717, 1.165) is 12.8 Å². The van der Waals surface area contributed by atoms with Gasteiger partial charge in [0.1, 0.15) is 13.2 Å². The number of terminal acetylenes is 1. The molecule has 1 heterocycles. The molecule has 0 fully saturated rings. The largest absolute Gasteiger partial charge is 0.487 e. The van der Waals surface area contributed by atoms with Crippen LogP contribution in [0.25, 0.3) is 0 Å². The van der Waals surface area contributed by atoms with E-state index < -0.39 is 0 Å². The van der Waals surface area contributed by atoms with E-state index >= 15 is 0 Å². The predicted octanol–water partition coefficient (Wildman–Crippen LogP) is 2.06. The third kappa shape index (κ3) is 11.0. The van der Waals surface area contributed by atoms with Crippen LogP contribution in [0.1, 0.15) is 29.6 Å². The maximum Gasteiger partial charge on any atom is 0.251 e. The van der Waals surface area contributed by atoms with Crippen LogP contribution in [0.4, 0.5) is 0 Å². The molecule has 1 aliphatic rings. The van der Waals surface area contributed by atoms with Gasteiger partial charge in [-0.3, -0.25) is 4.79 Å². The number of rotatable bonds is 5. The van der Waals surface area contributed by atoms with Gasteiger partial charge in [-0.25, -0.2) is 0 Å². The Balaban J connectivity index is 1.92. The zero-order valence-corrected chi connectivity index (χ0v) is 18.1. The van der Waals surface area contributed by atoms with Crippen molar-refractivity contribution in [2.75, 3.05) is 72.6 Å². The summed E-state index contributed by atoms with van der Waals surface area (Å²) in [6, 6.07) is 5.13. The highest BCUT2D eigenvalue weighted by atomic mass is 16.6. The van der Waals surface area contributed by atoms with Crippen molar-refractivity contribution < 1.29 is 33.2 Å². The number of hydrogen-bond acceptors (Lipinski definition) is 7. The summed E-state index contributed by atoms with van der Waals surface area (Å²) < 4.78 is 33.5. The number of amides is 1. The van der Waals surface area contributed by atoms with Crippen molar-refractivity contribution in [3.05, 3.63) is 23.8 Å². The molecular weight excluding hydrogens is 402 g/mol. The molecule has 0 spiro atoms. The average Bonchev–Trinajstić information content (AvgIpc) is 2.78. The van der Waals surface area contributed by atoms with Crippen molar-refractivity contribution in [3.8, 4) is 23.8 Å². The maximum atomic E-state index is 12.4. The lowest BCUT2D eigenvalue weighted by Crippen LogP contribution is -2.24. The fourth-order valence-electron chi connectivity index (χ4n) is 2.72. The first-order chi connectivity index (χ1) is 15.3. The van der Waals surface area contributed by atoms with Crippen LogP contribution in [-0.2, 0) is 18.9 Å². The summed E-state index contributed by atoms with van der Waals surface area (Å²) in [7, 11) is 0. The van der Waals surface area contributed by atoms with Crippen LogP contribution in [0.5, 0.6) is 11.5 Å². The van der Waals surface area contributed by atoms with Gasteiger partial charge in [0.2, 0.25) is 0 Å². The Morgan fingerprint density at radius 2 is 1.35 bits per heavy atom. The Morgan fingerprint density at radius 3 is 1.94 bits per heavy atom. The van der Waals surface area contributed by atoms with Crippen molar-refractivity contribution in [2.45, 2.75) is 19.3 Å². The van der Waals surface area contributed by atoms with Crippen LogP contribution in [0.2, 0.25) is 0 Å². The first-order valence-electron chi connectivity index (χ1n) is 10.7. The fraction of sp³-hybridized carbons (Fsp3) is 0.609. The Kier molecular flexibility index (Phi) is 13.2. The van der Waals surface area contributed by atoms with Gasteiger partial charge >= 0.3 is 0 Å². The minimum absolute atomic E-state index is 0.164. The van der Waals surface area contributed by atoms with Gasteiger partial charge in [0.05, 0.1) is 52.9 Å². The average molecular weight is 436 g/mol. The van der Waals surface area contributed by atoms with Crippen LogP contribution < -0.4 is 14.8 Å². The van der Waals surface area contributed by atoms with E-state index in [4.69, 9.17) is 34.8 Å². The summed E-state index contributed by atoms with van der Waals surface area (Å²) in [5.41, 5.74) is 0.504. The third-order valence-corrected chi connectivity index (χ3v) is 4.33. The predicted molar refractivity (Wildman–Crippen MR) is 116 cm³/mol. The molecule has 1 N–H and O–H groups in total. The van der Waals surface area contributed by atoms with Gasteiger partial charge < -0.3 is 33.7 Å². The smallest absolute Gasteiger partial charge is 0.251 e. The van der Waals surface area contributed by atoms with E-state index in [1.165, 1.54) is 0 Å². The van der Waals surface area contributed by atoms with Gasteiger partial charge in [0.15, 0.2) is 11.5 Å². The Hall–Kier alpha value is -2.31. The second-order valence-electron chi connectivity index (χ2n) is 6.73. The van der Waals surface area contributed by atoms with Crippen molar-refractivity contribution in [1.29, 1.82) is 0 Å². The normalized spacial score (nSPS) is 17.0. The molecule has 0 saturated heterocycles. The van der Waals surface area contributed by atoms with Crippen molar-refractivity contribution in [3.63, 3.8) is 0 Å². The molecule has 31 heavy (non-hydrogen) atoms. The number of carbonyl (C=O) groups is 1. The lowest BCUT2D eigenvalue weighted by atomic mass is 10.1. The number of hydrogen-bond donors (Lipinski definition) is 1. The first-order valence-corrected chi connectivity index (χ1v) is 10.7. The van der Waals surface area contributed by atoms with E-state index in [-0.39, 0.29) is 5.91 Å². The molecule has 0 bridgehead atoms. The van der Waals surface area contributed by atoms with E-state index in [2.05, 4.69) is 11.2 Å². The number of fused-ring (bicyclic) bond motifs is 1. The number of nitrogens with one attached hydrogen (secondary N) is 1. The molecular formula is C23H33NO7. The van der Waals surface area contributed by atoms with E-state index in [1.54, 1.807) is 18.2 Å². The van der Waals surface area contributed by atoms with Gasteiger partial charge in [-0.05, 0) is 31.0 Å². The molecule has 8 nitrogen and oxygen atoms in total. The monoisotopic (exact) mass is 435 g/mol. The Labute approximate surface area is 184 Å². The highest BCUT2D eigenvalue weighted by molar-refractivity contribution is 5.94. The van der Waals surface area contributed by atoms with Gasteiger partial charge in [-0.15, -0.1) is 12.3 Å². The molecule has 0 saturated carbocycles. The molecule has 8 heteroatoms.